The topological polar surface area (TPSA) is 110 Å². The lowest BCUT2D eigenvalue weighted by Crippen LogP contribution is -2.13. The highest BCUT2D eigenvalue weighted by Crippen LogP contribution is 2.26. The molecule has 0 fully saturated rings. The van der Waals surface area contributed by atoms with Crippen LogP contribution in [0.15, 0.2) is 47.4 Å². The van der Waals surface area contributed by atoms with Gasteiger partial charge in [-0.2, -0.15) is 4.39 Å². The molecule has 0 bridgehead atoms. The molecular weight excluding hydrogens is 303 g/mol. The molecule has 21 heavy (non-hydrogen) atoms. The van der Waals surface area contributed by atoms with Crippen molar-refractivity contribution >= 4 is 21.4 Å². The summed E-state index contributed by atoms with van der Waals surface area (Å²) in [4.78, 5) is 9.04. The summed E-state index contributed by atoms with van der Waals surface area (Å²) in [5.74, 6) is -1.57. The van der Waals surface area contributed by atoms with E-state index in [0.717, 1.165) is 12.1 Å². The van der Waals surface area contributed by atoms with Crippen LogP contribution in [0.3, 0.4) is 0 Å². The summed E-state index contributed by atoms with van der Waals surface area (Å²) in [5, 5.41) is 20.0. The van der Waals surface area contributed by atoms with Crippen molar-refractivity contribution in [2.24, 2.45) is 0 Å². The Kier molecular flexibility index (Phi) is 3.76. The number of phenols is 1. The van der Waals surface area contributed by atoms with E-state index in [1.165, 1.54) is 24.3 Å². The number of para-hydroxylation sites is 2. The van der Waals surface area contributed by atoms with Crippen molar-refractivity contribution in [3.63, 3.8) is 0 Å². The van der Waals surface area contributed by atoms with Crippen LogP contribution in [0, 0.1) is 15.9 Å². The molecule has 0 atom stereocenters. The summed E-state index contributed by atoms with van der Waals surface area (Å²) in [6.07, 6.45) is 0. The number of phenolic OH excluding ortho intramolecular Hbond substituents is 1. The molecule has 0 amide bonds. The molecule has 2 rings (SSSR count). The quantitative estimate of drug-likeness (QED) is 0.511. The van der Waals surface area contributed by atoms with Crippen molar-refractivity contribution in [2.75, 3.05) is 4.72 Å². The predicted molar refractivity (Wildman–Crippen MR) is 72.0 cm³/mol. The fourth-order valence-corrected chi connectivity index (χ4v) is 2.65. The molecule has 0 heterocycles. The van der Waals surface area contributed by atoms with Gasteiger partial charge in [-0.3, -0.25) is 14.8 Å². The maximum atomic E-state index is 13.5. The molecule has 7 nitrogen and oxygen atoms in total. The number of anilines is 1. The third kappa shape index (κ3) is 3.08. The number of rotatable bonds is 4. The number of aromatic hydroxyl groups is 1. The van der Waals surface area contributed by atoms with Crippen LogP contribution >= 0.6 is 0 Å². The number of benzene rings is 2. The highest BCUT2D eigenvalue weighted by molar-refractivity contribution is 7.92. The van der Waals surface area contributed by atoms with E-state index < -0.39 is 31.3 Å². The van der Waals surface area contributed by atoms with Crippen LogP contribution in [0.5, 0.6) is 5.75 Å². The summed E-state index contributed by atoms with van der Waals surface area (Å²) in [6, 6.07) is 7.79. The molecule has 0 spiro atoms. The van der Waals surface area contributed by atoms with Gasteiger partial charge < -0.3 is 5.11 Å². The summed E-state index contributed by atoms with van der Waals surface area (Å²) in [6.45, 7) is 0. The molecule has 0 saturated heterocycles. The molecule has 2 aromatic rings. The van der Waals surface area contributed by atoms with Crippen LogP contribution in [-0.4, -0.2) is 18.4 Å². The van der Waals surface area contributed by atoms with Gasteiger partial charge >= 0.3 is 5.69 Å². The van der Waals surface area contributed by atoms with E-state index in [2.05, 4.69) is 4.72 Å². The normalized spacial score (nSPS) is 11.1. The number of halogens is 1. The Morgan fingerprint density at radius 1 is 1.19 bits per heavy atom. The second-order valence-electron chi connectivity index (χ2n) is 3.99. The highest BCUT2D eigenvalue weighted by atomic mass is 32.2. The number of nitro groups is 1. The first-order valence-corrected chi connectivity index (χ1v) is 7.04. The zero-order valence-corrected chi connectivity index (χ0v) is 11.2. The summed E-state index contributed by atoms with van der Waals surface area (Å²) < 4.78 is 39.6. The zero-order chi connectivity index (χ0) is 15.6. The van der Waals surface area contributed by atoms with Gasteiger partial charge in [0.2, 0.25) is 5.82 Å². The molecule has 2 N–H and O–H groups in total. The first kappa shape index (κ1) is 14.7. The largest absolute Gasteiger partial charge is 0.506 e. The van der Waals surface area contributed by atoms with Crippen LogP contribution in [0.4, 0.5) is 15.8 Å². The van der Waals surface area contributed by atoms with E-state index in [1.54, 1.807) is 0 Å². The first-order chi connectivity index (χ1) is 9.81. The van der Waals surface area contributed by atoms with Crippen LogP contribution in [0.2, 0.25) is 0 Å². The van der Waals surface area contributed by atoms with Gasteiger partial charge in [0.15, 0.2) is 0 Å². The van der Waals surface area contributed by atoms with E-state index in [1.807, 2.05) is 0 Å². The van der Waals surface area contributed by atoms with Crippen molar-refractivity contribution in [3.8, 4) is 5.75 Å². The fourth-order valence-electron chi connectivity index (χ4n) is 1.57. The van der Waals surface area contributed by atoms with Gasteiger partial charge in [0.05, 0.1) is 15.5 Å². The molecule has 0 aliphatic carbocycles. The molecule has 0 aromatic heterocycles. The predicted octanol–water partition coefficient (Wildman–Crippen LogP) is 2.24. The van der Waals surface area contributed by atoms with E-state index in [0.29, 0.717) is 6.07 Å². The summed E-state index contributed by atoms with van der Waals surface area (Å²) in [5.41, 5.74) is -0.909. The van der Waals surface area contributed by atoms with Gasteiger partial charge in [0.25, 0.3) is 10.0 Å². The number of nitrogens with one attached hydrogen (secondary N) is 1. The number of nitrogens with zero attached hydrogens (tertiary/aromatic N) is 1. The summed E-state index contributed by atoms with van der Waals surface area (Å²) in [7, 11) is -4.17. The minimum absolute atomic E-state index is 0.0868. The zero-order valence-electron chi connectivity index (χ0n) is 10.4. The smallest absolute Gasteiger partial charge is 0.304 e. The minimum atomic E-state index is -4.17. The maximum absolute atomic E-state index is 13.5. The van der Waals surface area contributed by atoms with Gasteiger partial charge in [-0.25, -0.2) is 8.42 Å². The molecule has 0 radical (unpaired) electrons. The van der Waals surface area contributed by atoms with Crippen LogP contribution in [0.1, 0.15) is 0 Å². The molecule has 0 aliphatic rings. The van der Waals surface area contributed by atoms with Gasteiger partial charge in [-0.15, -0.1) is 0 Å². The second kappa shape index (κ2) is 5.37. The Balaban J connectivity index is 2.39. The monoisotopic (exact) mass is 312 g/mol. The lowest BCUT2D eigenvalue weighted by Gasteiger charge is -2.09. The van der Waals surface area contributed by atoms with Gasteiger partial charge in [-0.1, -0.05) is 12.1 Å². The minimum Gasteiger partial charge on any atom is -0.506 e. The third-order valence-corrected chi connectivity index (χ3v) is 3.94. The third-order valence-electron chi connectivity index (χ3n) is 2.57. The molecule has 0 aliphatic heterocycles. The van der Waals surface area contributed by atoms with E-state index >= 15 is 0 Å². The number of nitro benzene ring substituents is 1. The van der Waals surface area contributed by atoms with Gasteiger partial charge in [0.1, 0.15) is 5.75 Å². The molecule has 0 saturated carbocycles. The second-order valence-corrected chi connectivity index (χ2v) is 5.68. The molecule has 2 aromatic carbocycles. The van der Waals surface area contributed by atoms with Crippen molar-refractivity contribution in [1.29, 1.82) is 0 Å². The van der Waals surface area contributed by atoms with Crippen LogP contribution < -0.4 is 4.72 Å². The number of hydrogen-bond acceptors (Lipinski definition) is 5. The van der Waals surface area contributed by atoms with Crippen molar-refractivity contribution in [2.45, 2.75) is 4.90 Å². The first-order valence-electron chi connectivity index (χ1n) is 5.56. The van der Waals surface area contributed by atoms with E-state index in [9.17, 15) is 28.0 Å². The molecule has 9 heteroatoms. The molecular formula is C12H9FN2O5S. The fraction of sp³-hybridized carbons (Fsp3) is 0. The lowest BCUT2D eigenvalue weighted by molar-refractivity contribution is -0.387. The Morgan fingerprint density at radius 2 is 1.86 bits per heavy atom. The Bertz CT molecular complexity index is 807. The van der Waals surface area contributed by atoms with E-state index in [-0.39, 0.29) is 11.4 Å². The highest BCUT2D eigenvalue weighted by Gasteiger charge is 2.21. The Labute approximate surface area is 118 Å². The Hall–Kier alpha value is -2.68. The Morgan fingerprint density at radius 3 is 2.43 bits per heavy atom. The van der Waals surface area contributed by atoms with Gasteiger partial charge in [-0.05, 0) is 18.2 Å². The lowest BCUT2D eigenvalue weighted by atomic mass is 10.3. The standard InChI is InChI=1S/C12H9FN2O5S/c13-9-7-8(5-6-11(9)15(17)18)21(19,20)14-10-3-1-2-4-12(10)16/h1-7,14,16H. The maximum Gasteiger partial charge on any atom is 0.304 e. The van der Waals surface area contributed by atoms with Gasteiger partial charge in [0, 0.05) is 12.1 Å². The average Bonchev–Trinajstić information content (AvgIpc) is 2.40. The summed E-state index contributed by atoms with van der Waals surface area (Å²) >= 11 is 0. The average molecular weight is 312 g/mol. The molecule has 110 valence electrons. The SMILES string of the molecule is O=[N+]([O-])c1ccc(S(=O)(=O)Nc2ccccc2O)cc1F. The van der Waals surface area contributed by atoms with Crippen LogP contribution in [0.25, 0.3) is 0 Å². The number of hydrogen-bond donors (Lipinski definition) is 2. The molecule has 0 unspecified atom stereocenters. The van der Waals surface area contributed by atoms with Crippen molar-refractivity contribution < 1.29 is 22.8 Å². The van der Waals surface area contributed by atoms with Crippen LogP contribution in [-0.2, 0) is 10.0 Å². The number of sulfonamides is 1. The van der Waals surface area contributed by atoms with Crippen molar-refractivity contribution in [3.05, 3.63) is 58.4 Å². The van der Waals surface area contributed by atoms with Crippen molar-refractivity contribution in [1.82, 2.24) is 0 Å². The van der Waals surface area contributed by atoms with E-state index in [4.69, 9.17) is 0 Å².